The first-order valence-electron chi connectivity index (χ1n) is 7.01. The fourth-order valence-electron chi connectivity index (χ4n) is 2.30. The lowest BCUT2D eigenvalue weighted by Gasteiger charge is -2.34. The predicted molar refractivity (Wildman–Crippen MR) is 76.0 cm³/mol. The lowest BCUT2D eigenvalue weighted by molar-refractivity contribution is -0.137. The van der Waals surface area contributed by atoms with Crippen LogP contribution in [-0.4, -0.2) is 23.9 Å². The van der Waals surface area contributed by atoms with Crippen LogP contribution < -0.4 is 0 Å². The van der Waals surface area contributed by atoms with E-state index in [1.165, 1.54) is 12.1 Å². The van der Waals surface area contributed by atoms with Crippen molar-refractivity contribution in [3.8, 4) is 0 Å². The van der Waals surface area contributed by atoms with E-state index in [1.807, 2.05) is 27.7 Å². The molecule has 5 heteroatoms. The summed E-state index contributed by atoms with van der Waals surface area (Å²) in [6, 6.07) is 4.87. The standard InChI is InChI=1S/C16H23F3O2/c1-5-21-14(15(2,3)4)13(20)10-11-6-8-12(9-7-11)16(17,18)19/h6-9,13-14,20H,5,10H2,1-4H3. The molecule has 0 spiro atoms. The van der Waals surface area contributed by atoms with Crippen molar-refractivity contribution >= 4 is 0 Å². The minimum Gasteiger partial charge on any atom is -0.390 e. The first-order chi connectivity index (χ1) is 9.55. The lowest BCUT2D eigenvalue weighted by atomic mass is 9.83. The fraction of sp³-hybridized carbons (Fsp3) is 0.625. The first kappa shape index (κ1) is 18.0. The Labute approximate surface area is 123 Å². The normalized spacial score (nSPS) is 15.8. The summed E-state index contributed by atoms with van der Waals surface area (Å²) in [5.41, 5.74) is -0.274. The van der Waals surface area contributed by atoms with E-state index in [9.17, 15) is 18.3 Å². The zero-order chi connectivity index (χ0) is 16.3. The van der Waals surface area contributed by atoms with Crippen LogP contribution in [0.5, 0.6) is 0 Å². The second kappa shape index (κ2) is 6.79. The van der Waals surface area contributed by atoms with Gasteiger partial charge in [-0.1, -0.05) is 32.9 Å². The lowest BCUT2D eigenvalue weighted by Crippen LogP contribution is -2.41. The SMILES string of the molecule is CCOC(C(O)Cc1ccc(C(F)(F)F)cc1)C(C)(C)C. The van der Waals surface area contributed by atoms with E-state index in [-0.39, 0.29) is 17.9 Å². The summed E-state index contributed by atoms with van der Waals surface area (Å²) in [5.74, 6) is 0. The van der Waals surface area contributed by atoms with Gasteiger partial charge in [0.1, 0.15) is 0 Å². The van der Waals surface area contributed by atoms with E-state index in [2.05, 4.69) is 0 Å². The zero-order valence-electron chi connectivity index (χ0n) is 12.9. The van der Waals surface area contributed by atoms with E-state index >= 15 is 0 Å². The van der Waals surface area contributed by atoms with E-state index in [0.29, 0.717) is 12.2 Å². The largest absolute Gasteiger partial charge is 0.416 e. The Bertz CT molecular complexity index is 432. The average Bonchev–Trinajstić information content (AvgIpc) is 2.34. The molecule has 2 nitrogen and oxygen atoms in total. The number of rotatable bonds is 5. The van der Waals surface area contributed by atoms with Crippen molar-refractivity contribution in [1.82, 2.24) is 0 Å². The molecule has 1 aromatic carbocycles. The molecule has 0 aliphatic rings. The number of halogens is 3. The van der Waals surface area contributed by atoms with Crippen LogP contribution in [0.2, 0.25) is 0 Å². The molecule has 1 rings (SSSR count). The summed E-state index contributed by atoms with van der Waals surface area (Å²) in [4.78, 5) is 0. The second-order valence-corrected chi connectivity index (χ2v) is 6.21. The number of alkyl halides is 3. The van der Waals surface area contributed by atoms with Crippen molar-refractivity contribution in [2.24, 2.45) is 5.41 Å². The minimum atomic E-state index is -4.34. The van der Waals surface area contributed by atoms with Crippen molar-refractivity contribution in [3.05, 3.63) is 35.4 Å². The van der Waals surface area contributed by atoms with Crippen LogP contribution in [0.1, 0.15) is 38.8 Å². The summed E-state index contributed by atoms with van der Waals surface area (Å²) in [6.07, 6.45) is -5.21. The molecule has 0 amide bonds. The highest BCUT2D eigenvalue weighted by Crippen LogP contribution is 2.30. The Morgan fingerprint density at radius 2 is 1.62 bits per heavy atom. The van der Waals surface area contributed by atoms with E-state index in [0.717, 1.165) is 12.1 Å². The predicted octanol–water partition coefficient (Wildman–Crippen LogP) is 4.06. The van der Waals surface area contributed by atoms with Gasteiger partial charge >= 0.3 is 6.18 Å². The molecular weight excluding hydrogens is 281 g/mol. The molecule has 1 aromatic rings. The molecule has 21 heavy (non-hydrogen) atoms. The van der Waals surface area contributed by atoms with Crippen LogP contribution in [0.4, 0.5) is 13.2 Å². The van der Waals surface area contributed by atoms with Gasteiger partial charge < -0.3 is 9.84 Å². The molecule has 2 unspecified atom stereocenters. The molecule has 0 aliphatic carbocycles. The van der Waals surface area contributed by atoms with Crippen molar-refractivity contribution in [1.29, 1.82) is 0 Å². The molecule has 0 bridgehead atoms. The topological polar surface area (TPSA) is 29.5 Å². The maximum Gasteiger partial charge on any atom is 0.416 e. The molecular formula is C16H23F3O2. The molecule has 0 radical (unpaired) electrons. The summed E-state index contributed by atoms with van der Waals surface area (Å²) in [6.45, 7) is 8.21. The maximum absolute atomic E-state index is 12.5. The van der Waals surface area contributed by atoms with Gasteiger partial charge in [0.05, 0.1) is 17.8 Å². The van der Waals surface area contributed by atoms with Gasteiger partial charge in [0.2, 0.25) is 0 Å². The van der Waals surface area contributed by atoms with Gasteiger partial charge in [-0.25, -0.2) is 0 Å². The molecule has 0 saturated carbocycles. The molecule has 0 aromatic heterocycles. The number of ether oxygens (including phenoxy) is 1. The highest BCUT2D eigenvalue weighted by molar-refractivity contribution is 5.25. The van der Waals surface area contributed by atoms with E-state index < -0.39 is 17.8 Å². The van der Waals surface area contributed by atoms with Crippen molar-refractivity contribution in [2.75, 3.05) is 6.61 Å². The van der Waals surface area contributed by atoms with E-state index in [4.69, 9.17) is 4.74 Å². The highest BCUT2D eigenvalue weighted by Gasteiger charge is 2.33. The Hall–Kier alpha value is -1.07. The summed E-state index contributed by atoms with van der Waals surface area (Å²) < 4.78 is 43.1. The molecule has 2 atom stereocenters. The Morgan fingerprint density at radius 1 is 1.10 bits per heavy atom. The quantitative estimate of drug-likeness (QED) is 0.889. The molecule has 1 N–H and O–H groups in total. The van der Waals surface area contributed by atoms with E-state index in [1.54, 1.807) is 0 Å². The van der Waals surface area contributed by atoms with Crippen LogP contribution in [0.25, 0.3) is 0 Å². The highest BCUT2D eigenvalue weighted by atomic mass is 19.4. The van der Waals surface area contributed by atoms with Crippen molar-refractivity contribution in [3.63, 3.8) is 0 Å². The summed E-state index contributed by atoms with van der Waals surface area (Å²) in [5, 5.41) is 10.3. The van der Waals surface area contributed by atoms with Gasteiger partial charge in [-0.05, 0) is 30.0 Å². The average molecular weight is 304 g/mol. The third-order valence-electron chi connectivity index (χ3n) is 3.28. The Kier molecular flexibility index (Phi) is 5.82. The van der Waals surface area contributed by atoms with Crippen LogP contribution in [0.15, 0.2) is 24.3 Å². The molecule has 0 fully saturated rings. The van der Waals surface area contributed by atoms with Gasteiger partial charge in [-0.3, -0.25) is 0 Å². The fourth-order valence-corrected chi connectivity index (χ4v) is 2.30. The number of hydrogen-bond acceptors (Lipinski definition) is 2. The van der Waals surface area contributed by atoms with Gasteiger partial charge in [-0.2, -0.15) is 13.2 Å². The van der Waals surface area contributed by atoms with Gasteiger partial charge in [0.15, 0.2) is 0 Å². The van der Waals surface area contributed by atoms with Crippen LogP contribution in [-0.2, 0) is 17.3 Å². The molecule has 120 valence electrons. The molecule has 0 saturated heterocycles. The second-order valence-electron chi connectivity index (χ2n) is 6.21. The van der Waals surface area contributed by atoms with Crippen molar-refractivity contribution in [2.45, 2.75) is 52.5 Å². The summed E-state index contributed by atoms with van der Waals surface area (Å²) in [7, 11) is 0. The minimum absolute atomic E-state index is 0.249. The number of aliphatic hydroxyl groups is 1. The van der Waals surface area contributed by atoms with Crippen molar-refractivity contribution < 1.29 is 23.0 Å². The Morgan fingerprint density at radius 3 is 2.00 bits per heavy atom. The third kappa shape index (κ3) is 5.32. The smallest absolute Gasteiger partial charge is 0.390 e. The zero-order valence-corrected chi connectivity index (χ0v) is 12.9. The molecule has 0 heterocycles. The summed E-state index contributed by atoms with van der Waals surface area (Å²) >= 11 is 0. The van der Waals surface area contributed by atoms with Gasteiger partial charge in [0, 0.05) is 13.0 Å². The van der Waals surface area contributed by atoms with Crippen LogP contribution >= 0.6 is 0 Å². The van der Waals surface area contributed by atoms with Gasteiger partial charge in [-0.15, -0.1) is 0 Å². The number of hydrogen-bond donors (Lipinski definition) is 1. The van der Waals surface area contributed by atoms with Gasteiger partial charge in [0.25, 0.3) is 0 Å². The third-order valence-corrected chi connectivity index (χ3v) is 3.28. The molecule has 0 aliphatic heterocycles. The maximum atomic E-state index is 12.5. The number of aliphatic hydroxyl groups excluding tert-OH is 1. The van der Waals surface area contributed by atoms with Crippen LogP contribution in [0, 0.1) is 5.41 Å². The first-order valence-corrected chi connectivity index (χ1v) is 7.01. The van der Waals surface area contributed by atoms with Crippen LogP contribution in [0.3, 0.4) is 0 Å². The monoisotopic (exact) mass is 304 g/mol. The Balaban J connectivity index is 2.80. The number of benzene rings is 1.